The topological polar surface area (TPSA) is 132 Å². The summed E-state index contributed by atoms with van der Waals surface area (Å²) in [5.74, 6) is 2.71. The van der Waals surface area contributed by atoms with Gasteiger partial charge in [-0.15, -0.1) is 0 Å². The van der Waals surface area contributed by atoms with Crippen LogP contribution >= 0.6 is 0 Å². The first-order chi connectivity index (χ1) is 17.5. The highest BCUT2D eigenvalue weighted by Gasteiger charge is 2.31. The third-order valence-corrected chi connectivity index (χ3v) is 13.0. The molecule has 0 fully saturated rings. The molecule has 3 aromatic carbocycles. The average Bonchev–Trinajstić information content (AvgIpc) is 2.82. The van der Waals surface area contributed by atoms with E-state index in [1.54, 1.807) is 12.1 Å². The minimum atomic E-state index is -1.47. The summed E-state index contributed by atoms with van der Waals surface area (Å²) in [6.45, 7) is 10.8. The highest BCUT2D eigenvalue weighted by molar-refractivity contribution is 6.84. The lowest BCUT2D eigenvalue weighted by molar-refractivity contribution is 0.460. The standard InChI is InChI=1S/C18H16N2O2.C10H28N2OSi2.2CH4/c19-13-4-1-6-15(10-13)21-17-8-3-9-18(12-17)22-16-7-2-5-14(20)11-16;1-14(2,9-5-7-11)13-15(3,4)10-6-8-12;;/h1-12H,19-20H2;5-12H2,1-4H3;2*1H4. The Morgan fingerprint density at radius 3 is 1.23 bits per heavy atom. The second kappa shape index (κ2) is 17.7. The summed E-state index contributed by atoms with van der Waals surface area (Å²) in [6, 6.07) is 24.3. The lowest BCUT2D eigenvalue weighted by Gasteiger charge is -2.34. The molecule has 0 radical (unpaired) electrons. The number of ether oxygens (including phenoxy) is 2. The molecule has 0 aliphatic carbocycles. The molecule has 3 aromatic rings. The maximum absolute atomic E-state index is 6.40. The van der Waals surface area contributed by atoms with Crippen molar-refractivity contribution >= 4 is 28.0 Å². The van der Waals surface area contributed by atoms with E-state index in [-0.39, 0.29) is 14.9 Å². The van der Waals surface area contributed by atoms with Crippen LogP contribution in [0.3, 0.4) is 0 Å². The van der Waals surface area contributed by atoms with Crippen molar-refractivity contribution in [1.82, 2.24) is 0 Å². The second-order valence-corrected chi connectivity index (χ2v) is 19.1. The maximum Gasteiger partial charge on any atom is 0.173 e. The van der Waals surface area contributed by atoms with Crippen LogP contribution in [0, 0.1) is 0 Å². The molecule has 0 atom stereocenters. The molecule has 0 bridgehead atoms. The Morgan fingerprint density at radius 1 is 0.564 bits per heavy atom. The van der Waals surface area contributed by atoms with Crippen molar-refractivity contribution < 1.29 is 13.6 Å². The van der Waals surface area contributed by atoms with E-state index in [4.69, 9.17) is 36.5 Å². The Morgan fingerprint density at radius 2 is 0.897 bits per heavy atom. The SMILES string of the molecule is C.C.C[Si](C)(CCCN)O[Si](C)(C)CCCN.Nc1cccc(Oc2cccc(Oc3cccc(N)c3)c2)c1. The van der Waals surface area contributed by atoms with Gasteiger partial charge >= 0.3 is 0 Å². The van der Waals surface area contributed by atoms with Gasteiger partial charge in [0.05, 0.1) is 0 Å². The zero-order valence-corrected chi connectivity index (χ0v) is 24.7. The third kappa shape index (κ3) is 14.8. The molecule has 0 amide bonds. The summed E-state index contributed by atoms with van der Waals surface area (Å²) in [5, 5.41) is 0. The average molecular weight is 573 g/mol. The predicted octanol–water partition coefficient (Wildman–Crippen LogP) is 7.82. The molecule has 0 aliphatic rings. The van der Waals surface area contributed by atoms with E-state index in [0.717, 1.165) is 25.9 Å². The molecule has 8 N–H and O–H groups in total. The smallest absolute Gasteiger partial charge is 0.173 e. The van der Waals surface area contributed by atoms with Crippen molar-refractivity contribution in [3.8, 4) is 23.0 Å². The van der Waals surface area contributed by atoms with Crippen molar-refractivity contribution in [1.29, 1.82) is 0 Å². The fourth-order valence-corrected chi connectivity index (χ4v) is 12.8. The van der Waals surface area contributed by atoms with E-state index < -0.39 is 16.6 Å². The molecule has 39 heavy (non-hydrogen) atoms. The molecule has 0 saturated carbocycles. The van der Waals surface area contributed by atoms with Gasteiger partial charge in [-0.1, -0.05) is 33.1 Å². The van der Waals surface area contributed by atoms with Gasteiger partial charge in [-0.05, 0) is 101 Å². The third-order valence-electron chi connectivity index (χ3n) is 5.51. The van der Waals surface area contributed by atoms with E-state index in [9.17, 15) is 0 Å². The van der Waals surface area contributed by atoms with Crippen LogP contribution in [0.4, 0.5) is 11.4 Å². The Balaban J connectivity index is 0.000000758. The largest absolute Gasteiger partial charge is 0.457 e. The second-order valence-electron chi connectivity index (χ2n) is 10.2. The molecule has 0 aliphatic heterocycles. The van der Waals surface area contributed by atoms with E-state index in [0.29, 0.717) is 34.4 Å². The highest BCUT2D eigenvalue weighted by Crippen LogP contribution is 2.29. The van der Waals surface area contributed by atoms with Gasteiger partial charge in [0.25, 0.3) is 0 Å². The fourth-order valence-electron chi connectivity index (χ4n) is 3.94. The Bertz CT molecular complexity index is 1020. The van der Waals surface area contributed by atoms with Gasteiger partial charge in [-0.3, -0.25) is 0 Å². The Labute approximate surface area is 239 Å². The van der Waals surface area contributed by atoms with Crippen molar-refractivity contribution in [3.05, 3.63) is 72.8 Å². The van der Waals surface area contributed by atoms with Gasteiger partial charge in [0.2, 0.25) is 0 Å². The molecule has 0 spiro atoms. The Hall–Kier alpha value is -2.83. The summed E-state index contributed by atoms with van der Waals surface area (Å²) in [5.41, 5.74) is 23.9. The zero-order chi connectivity index (χ0) is 27.3. The van der Waals surface area contributed by atoms with E-state index in [1.807, 2.05) is 60.7 Å². The maximum atomic E-state index is 6.40. The number of rotatable bonds is 12. The quantitative estimate of drug-likeness (QED) is 0.128. The normalized spacial score (nSPS) is 10.8. The molecule has 9 heteroatoms. The van der Waals surface area contributed by atoms with Crippen molar-refractivity contribution in [2.24, 2.45) is 11.5 Å². The van der Waals surface area contributed by atoms with E-state index in [2.05, 4.69) is 26.2 Å². The summed E-state index contributed by atoms with van der Waals surface area (Å²) in [6.07, 6.45) is 2.20. The first-order valence-corrected chi connectivity index (χ1v) is 19.0. The summed E-state index contributed by atoms with van der Waals surface area (Å²) < 4.78 is 17.9. The van der Waals surface area contributed by atoms with Crippen LogP contribution in [0.5, 0.6) is 23.0 Å². The minimum Gasteiger partial charge on any atom is -0.457 e. The van der Waals surface area contributed by atoms with Crippen LogP contribution in [0.1, 0.15) is 27.7 Å². The summed E-state index contributed by atoms with van der Waals surface area (Å²) in [7, 11) is -2.94. The van der Waals surface area contributed by atoms with Crippen molar-refractivity contribution in [2.75, 3.05) is 24.6 Å². The van der Waals surface area contributed by atoms with Gasteiger partial charge in [-0.25, -0.2) is 0 Å². The lowest BCUT2D eigenvalue weighted by Crippen LogP contribution is -2.44. The number of nitrogen functional groups attached to an aromatic ring is 2. The molecule has 3 rings (SSSR count). The molecule has 218 valence electrons. The van der Waals surface area contributed by atoms with Crippen LogP contribution in [-0.2, 0) is 4.12 Å². The molecule has 0 aromatic heterocycles. The zero-order valence-electron chi connectivity index (χ0n) is 22.7. The fraction of sp³-hybridized carbons (Fsp3) is 0.400. The van der Waals surface area contributed by atoms with Crippen LogP contribution in [0.2, 0.25) is 38.3 Å². The van der Waals surface area contributed by atoms with Gasteiger partial charge in [0.15, 0.2) is 16.6 Å². The summed E-state index contributed by atoms with van der Waals surface area (Å²) >= 11 is 0. The molecular formula is C30H52N4O3Si2. The molecule has 0 saturated heterocycles. The summed E-state index contributed by atoms with van der Waals surface area (Å²) in [4.78, 5) is 0. The van der Waals surface area contributed by atoms with Gasteiger partial charge in [0, 0.05) is 29.6 Å². The first-order valence-electron chi connectivity index (χ1n) is 12.8. The first kappa shape index (κ1) is 36.2. The van der Waals surface area contributed by atoms with E-state index in [1.165, 1.54) is 12.1 Å². The minimum absolute atomic E-state index is 0. The monoisotopic (exact) mass is 572 g/mol. The number of hydrogen-bond donors (Lipinski definition) is 4. The van der Waals surface area contributed by atoms with Gasteiger partial charge in [0.1, 0.15) is 23.0 Å². The van der Waals surface area contributed by atoms with Crippen molar-refractivity contribution in [2.45, 2.75) is 66.0 Å². The van der Waals surface area contributed by atoms with E-state index >= 15 is 0 Å². The molecular weight excluding hydrogens is 521 g/mol. The van der Waals surface area contributed by atoms with Crippen LogP contribution in [0.15, 0.2) is 72.8 Å². The number of hydrogen-bond acceptors (Lipinski definition) is 7. The molecule has 0 unspecified atom stereocenters. The molecule has 0 heterocycles. The number of anilines is 2. The van der Waals surface area contributed by atoms with Crippen LogP contribution in [-0.4, -0.2) is 29.7 Å². The van der Waals surface area contributed by atoms with Crippen LogP contribution in [0.25, 0.3) is 0 Å². The van der Waals surface area contributed by atoms with Crippen LogP contribution < -0.4 is 32.4 Å². The Kier molecular flexibility index (Phi) is 16.4. The van der Waals surface area contributed by atoms with Gasteiger partial charge in [-0.2, -0.15) is 0 Å². The number of benzene rings is 3. The highest BCUT2D eigenvalue weighted by atomic mass is 28.4. The van der Waals surface area contributed by atoms with Crippen molar-refractivity contribution in [3.63, 3.8) is 0 Å². The molecule has 7 nitrogen and oxygen atoms in total. The van der Waals surface area contributed by atoms with Gasteiger partial charge < -0.3 is 36.5 Å². The number of nitrogens with two attached hydrogens (primary N) is 4. The predicted molar refractivity (Wildman–Crippen MR) is 175 cm³/mol. The lowest BCUT2D eigenvalue weighted by atomic mass is 10.3.